The Morgan fingerprint density at radius 1 is 0.590 bits per heavy atom. The van der Waals surface area contributed by atoms with Crippen LogP contribution >= 0.6 is 0 Å². The van der Waals surface area contributed by atoms with E-state index in [0.717, 1.165) is 22.3 Å². The Morgan fingerprint density at radius 2 is 0.872 bits per heavy atom. The number of aliphatic hydroxyl groups is 4. The average molecular weight is 577 g/mol. The Kier molecular flexibility index (Phi) is 15.1. The Morgan fingerprint density at radius 3 is 1.08 bits per heavy atom. The van der Waals surface area contributed by atoms with Crippen LogP contribution in [0.25, 0.3) is 0 Å². The standard InChI is InChI=1S/2C13H21NO3.H2O4S/c2*1-13(2,3)14-6-10-9(7-15)4-5-12(17)11(10)8-16;1-5(2,3)4/h2*4-5,14-17H,6-8H2,1-3H3;(H2,1,2,3,4). The summed E-state index contributed by atoms with van der Waals surface area (Å²) >= 11 is 0. The molecule has 2 rings (SSSR count). The van der Waals surface area contributed by atoms with Crippen LogP contribution < -0.4 is 10.6 Å². The van der Waals surface area contributed by atoms with Gasteiger partial charge in [0, 0.05) is 35.3 Å². The van der Waals surface area contributed by atoms with Gasteiger partial charge in [-0.15, -0.1) is 0 Å². The van der Waals surface area contributed by atoms with Gasteiger partial charge in [-0.3, -0.25) is 9.11 Å². The lowest BCUT2D eigenvalue weighted by Crippen LogP contribution is -2.35. The molecule has 13 heteroatoms. The van der Waals surface area contributed by atoms with Crippen LogP contribution in [0.1, 0.15) is 74.9 Å². The zero-order valence-corrected chi connectivity index (χ0v) is 24.2. The van der Waals surface area contributed by atoms with E-state index in [1.165, 1.54) is 12.1 Å². The van der Waals surface area contributed by atoms with Crippen molar-refractivity contribution >= 4 is 10.4 Å². The lowest BCUT2D eigenvalue weighted by atomic mass is 9.99. The predicted octanol–water partition coefficient (Wildman–Crippen LogP) is 1.88. The fourth-order valence-electron chi connectivity index (χ4n) is 3.25. The van der Waals surface area contributed by atoms with Crippen molar-refractivity contribution in [3.05, 3.63) is 57.6 Å². The first kappa shape index (κ1) is 36.7. The molecular formula is C26H44N2O10S. The molecule has 10 N–H and O–H groups in total. The summed E-state index contributed by atoms with van der Waals surface area (Å²) in [6, 6.07) is 6.34. The van der Waals surface area contributed by atoms with E-state index < -0.39 is 10.4 Å². The molecule has 0 aliphatic carbocycles. The largest absolute Gasteiger partial charge is 0.508 e. The smallest absolute Gasteiger partial charge is 0.394 e. The average Bonchev–Trinajstić information content (AvgIpc) is 2.79. The van der Waals surface area contributed by atoms with Crippen LogP contribution in [0.5, 0.6) is 11.5 Å². The topological polar surface area (TPSA) is 220 Å². The molecule has 0 fully saturated rings. The third kappa shape index (κ3) is 15.1. The van der Waals surface area contributed by atoms with E-state index in [1.807, 2.05) is 41.5 Å². The first-order chi connectivity index (χ1) is 17.8. The van der Waals surface area contributed by atoms with Gasteiger partial charge in [0.25, 0.3) is 0 Å². The lowest BCUT2D eigenvalue weighted by molar-refractivity contribution is 0.266. The third-order valence-electron chi connectivity index (χ3n) is 5.25. The summed E-state index contributed by atoms with van der Waals surface area (Å²) in [5.74, 6) is 0.130. The van der Waals surface area contributed by atoms with E-state index in [-0.39, 0.29) is 49.0 Å². The van der Waals surface area contributed by atoms with E-state index in [9.17, 15) is 30.6 Å². The van der Waals surface area contributed by atoms with Gasteiger partial charge in [-0.2, -0.15) is 8.42 Å². The summed E-state index contributed by atoms with van der Waals surface area (Å²) in [5.41, 5.74) is 3.82. The number of aliphatic hydroxyl groups excluding tert-OH is 4. The van der Waals surface area contributed by atoms with Crippen molar-refractivity contribution in [2.24, 2.45) is 0 Å². The summed E-state index contributed by atoms with van der Waals surface area (Å²) < 4.78 is 31.6. The number of nitrogens with one attached hydrogen (secondary N) is 2. The lowest BCUT2D eigenvalue weighted by Gasteiger charge is -2.23. The highest BCUT2D eigenvalue weighted by molar-refractivity contribution is 7.79. The van der Waals surface area contributed by atoms with Gasteiger partial charge in [0.15, 0.2) is 0 Å². The van der Waals surface area contributed by atoms with Gasteiger partial charge in [0.1, 0.15) is 11.5 Å². The van der Waals surface area contributed by atoms with Crippen LogP contribution in [0.15, 0.2) is 24.3 Å². The quantitative estimate of drug-likeness (QED) is 0.204. The van der Waals surface area contributed by atoms with Crippen molar-refractivity contribution in [1.29, 1.82) is 0 Å². The monoisotopic (exact) mass is 576 g/mol. The fraction of sp³-hybridized carbons (Fsp3) is 0.538. The molecule has 224 valence electrons. The Hall–Kier alpha value is -2.33. The molecule has 2 aromatic carbocycles. The Labute approximate surface area is 230 Å². The molecule has 2 aromatic rings. The number of rotatable bonds is 8. The fourth-order valence-corrected chi connectivity index (χ4v) is 3.25. The number of benzene rings is 2. The number of hydrogen-bond donors (Lipinski definition) is 10. The SMILES string of the molecule is CC(C)(C)NCc1c(CO)ccc(O)c1CO.CC(C)(C)NCc1c(CO)ccc(O)c1CO.O=S(=O)(O)O. The van der Waals surface area contributed by atoms with Crippen molar-refractivity contribution in [2.75, 3.05) is 0 Å². The predicted molar refractivity (Wildman–Crippen MR) is 147 cm³/mol. The second kappa shape index (κ2) is 16.1. The highest BCUT2D eigenvalue weighted by Gasteiger charge is 2.16. The number of aromatic hydroxyl groups is 2. The van der Waals surface area contributed by atoms with Gasteiger partial charge >= 0.3 is 10.4 Å². The van der Waals surface area contributed by atoms with Gasteiger partial charge in [0.05, 0.1) is 26.4 Å². The Balaban J connectivity index is 0.000000632. The molecule has 0 amide bonds. The number of phenols is 2. The minimum Gasteiger partial charge on any atom is -0.508 e. The molecule has 0 saturated heterocycles. The van der Waals surface area contributed by atoms with Crippen molar-refractivity contribution in [3.63, 3.8) is 0 Å². The molecule has 0 unspecified atom stereocenters. The van der Waals surface area contributed by atoms with Gasteiger partial charge < -0.3 is 41.3 Å². The first-order valence-corrected chi connectivity index (χ1v) is 13.5. The molecular weight excluding hydrogens is 532 g/mol. The maximum Gasteiger partial charge on any atom is 0.394 e. The summed E-state index contributed by atoms with van der Waals surface area (Å²) in [7, 11) is -4.67. The minimum atomic E-state index is -4.67. The Bertz CT molecular complexity index is 1060. The molecule has 0 saturated carbocycles. The zero-order chi connectivity index (χ0) is 30.6. The second-order valence-electron chi connectivity index (χ2n) is 10.7. The van der Waals surface area contributed by atoms with Gasteiger partial charge in [0.2, 0.25) is 0 Å². The molecule has 0 spiro atoms. The van der Waals surface area contributed by atoms with Crippen molar-refractivity contribution < 1.29 is 48.2 Å². The maximum atomic E-state index is 9.67. The summed E-state index contributed by atoms with van der Waals surface area (Å²) in [5, 5.41) is 63.0. The van der Waals surface area contributed by atoms with E-state index in [4.69, 9.17) is 17.5 Å². The van der Waals surface area contributed by atoms with Crippen LogP contribution in [0.2, 0.25) is 0 Å². The first-order valence-electron chi connectivity index (χ1n) is 12.1. The molecule has 0 heterocycles. The molecule has 39 heavy (non-hydrogen) atoms. The van der Waals surface area contributed by atoms with Crippen molar-refractivity contribution in [1.82, 2.24) is 10.6 Å². The molecule has 0 aliphatic heterocycles. The van der Waals surface area contributed by atoms with Gasteiger partial charge in [-0.05, 0) is 75.9 Å². The highest BCUT2D eigenvalue weighted by atomic mass is 32.3. The second-order valence-corrected chi connectivity index (χ2v) is 11.6. The molecule has 0 aromatic heterocycles. The van der Waals surface area contributed by atoms with Crippen LogP contribution in [0, 0.1) is 0 Å². The van der Waals surface area contributed by atoms with E-state index in [1.54, 1.807) is 12.1 Å². The summed E-state index contributed by atoms with van der Waals surface area (Å²) in [6.45, 7) is 12.5. The molecule has 0 bridgehead atoms. The minimum absolute atomic E-state index is 0.0646. The molecule has 12 nitrogen and oxygen atoms in total. The van der Waals surface area contributed by atoms with Gasteiger partial charge in [-0.1, -0.05) is 12.1 Å². The van der Waals surface area contributed by atoms with Crippen LogP contribution in [0.3, 0.4) is 0 Å². The normalized spacial score (nSPS) is 11.8. The number of hydrogen-bond acceptors (Lipinski definition) is 10. The molecule has 0 radical (unpaired) electrons. The highest BCUT2D eigenvalue weighted by Crippen LogP contribution is 2.26. The van der Waals surface area contributed by atoms with Crippen LogP contribution in [0.4, 0.5) is 0 Å². The summed E-state index contributed by atoms with van der Waals surface area (Å²) in [4.78, 5) is 0. The van der Waals surface area contributed by atoms with E-state index in [0.29, 0.717) is 24.2 Å². The third-order valence-corrected chi connectivity index (χ3v) is 5.25. The van der Waals surface area contributed by atoms with Crippen molar-refractivity contribution in [2.45, 2.75) is 92.1 Å². The molecule has 0 aliphatic rings. The maximum absolute atomic E-state index is 9.67. The van der Waals surface area contributed by atoms with Crippen molar-refractivity contribution in [3.8, 4) is 11.5 Å². The zero-order valence-electron chi connectivity index (χ0n) is 23.4. The van der Waals surface area contributed by atoms with E-state index >= 15 is 0 Å². The summed E-state index contributed by atoms with van der Waals surface area (Å²) in [6.07, 6.45) is 0. The molecule has 0 atom stereocenters. The van der Waals surface area contributed by atoms with E-state index in [2.05, 4.69) is 10.6 Å². The van der Waals surface area contributed by atoms with Crippen LogP contribution in [-0.2, 0) is 49.9 Å². The van der Waals surface area contributed by atoms with Crippen LogP contribution in [-0.4, -0.2) is 59.2 Å². The van der Waals surface area contributed by atoms with Gasteiger partial charge in [-0.25, -0.2) is 0 Å².